The monoisotopic (exact) mass is 142 g/mol. The average molecular weight is 142 g/mol. The van der Waals surface area contributed by atoms with Gasteiger partial charge in [0.2, 0.25) is 0 Å². The Kier molecular flexibility index (Phi) is 1.74. The molecule has 2 N–H and O–H groups in total. The fourth-order valence-electron chi connectivity index (χ4n) is 0.643. The summed E-state index contributed by atoms with van der Waals surface area (Å²) in [6.07, 6.45) is 3.22. The lowest BCUT2D eigenvalue weighted by Gasteiger charge is -2.19. The van der Waals surface area contributed by atoms with Gasteiger partial charge in [0, 0.05) is 18.8 Å². The van der Waals surface area contributed by atoms with Crippen molar-refractivity contribution in [2.45, 2.75) is 19.3 Å². The molecule has 10 heavy (non-hydrogen) atoms. The first-order valence-corrected chi connectivity index (χ1v) is 3.11. The molecule has 4 heteroatoms. The molecule has 0 aliphatic rings. The van der Waals surface area contributed by atoms with E-state index in [-0.39, 0.29) is 6.42 Å². The van der Waals surface area contributed by atoms with Crippen molar-refractivity contribution in [1.29, 1.82) is 0 Å². The summed E-state index contributed by atoms with van der Waals surface area (Å²) in [5.41, 5.74) is 0. The Labute approximate surface area is 58.7 Å². The van der Waals surface area contributed by atoms with Crippen LogP contribution in [0.2, 0.25) is 0 Å². The Morgan fingerprint density at radius 2 is 2.30 bits per heavy atom. The molecule has 0 atom stereocenters. The predicted octanol–water partition coefficient (Wildman–Crippen LogP) is -0.112. The molecule has 56 valence electrons. The van der Waals surface area contributed by atoms with Crippen molar-refractivity contribution < 1.29 is 10.2 Å². The molecular weight excluding hydrogens is 132 g/mol. The summed E-state index contributed by atoms with van der Waals surface area (Å²) < 4.78 is 1.10. The van der Waals surface area contributed by atoms with E-state index in [1.165, 1.54) is 12.4 Å². The molecule has 0 bridgehead atoms. The maximum absolute atomic E-state index is 9.14. The third kappa shape index (κ3) is 1.17. The lowest BCUT2D eigenvalue weighted by Crippen LogP contribution is -2.32. The van der Waals surface area contributed by atoms with Crippen molar-refractivity contribution >= 4 is 0 Å². The smallest absolute Gasteiger partial charge is 0.265 e. The van der Waals surface area contributed by atoms with E-state index in [1.807, 2.05) is 0 Å². The summed E-state index contributed by atoms with van der Waals surface area (Å²) in [4.78, 5) is 0. The van der Waals surface area contributed by atoms with Gasteiger partial charge in [-0.25, -0.2) is 4.68 Å². The fraction of sp³-hybridized carbons (Fsp3) is 0.500. The average Bonchev–Trinajstić information content (AvgIpc) is 2.38. The molecule has 1 heterocycles. The van der Waals surface area contributed by atoms with Crippen molar-refractivity contribution in [2.75, 3.05) is 0 Å². The van der Waals surface area contributed by atoms with Crippen LogP contribution in [0.3, 0.4) is 0 Å². The summed E-state index contributed by atoms with van der Waals surface area (Å²) in [7, 11) is 0. The first kappa shape index (κ1) is 7.24. The van der Waals surface area contributed by atoms with Gasteiger partial charge in [0.25, 0.3) is 5.91 Å². The molecule has 0 aliphatic carbocycles. The quantitative estimate of drug-likeness (QED) is 0.566. The lowest BCUT2D eigenvalue weighted by molar-refractivity contribution is -0.237. The summed E-state index contributed by atoms with van der Waals surface area (Å²) in [5.74, 6) is -1.83. The van der Waals surface area contributed by atoms with Gasteiger partial charge in [-0.1, -0.05) is 6.92 Å². The summed E-state index contributed by atoms with van der Waals surface area (Å²) in [6, 6.07) is 1.64. The van der Waals surface area contributed by atoms with Crippen molar-refractivity contribution in [1.82, 2.24) is 9.78 Å². The standard InChI is InChI=1S/C6H10N2O2/c1-2-6(9,10)8-5-3-4-7-8/h3-5,9-10H,2H2,1H3. The second kappa shape index (κ2) is 2.40. The molecule has 1 aromatic heterocycles. The van der Waals surface area contributed by atoms with Gasteiger partial charge in [-0.15, -0.1) is 0 Å². The van der Waals surface area contributed by atoms with Crippen LogP contribution in [0.25, 0.3) is 0 Å². The number of hydrogen-bond donors (Lipinski definition) is 2. The lowest BCUT2D eigenvalue weighted by atomic mass is 10.4. The molecule has 1 aromatic rings. The van der Waals surface area contributed by atoms with E-state index in [0.29, 0.717) is 0 Å². The third-order valence-electron chi connectivity index (χ3n) is 1.35. The predicted molar refractivity (Wildman–Crippen MR) is 34.9 cm³/mol. The minimum absolute atomic E-state index is 0.217. The van der Waals surface area contributed by atoms with Crippen molar-refractivity contribution in [3.63, 3.8) is 0 Å². The zero-order valence-corrected chi connectivity index (χ0v) is 5.73. The summed E-state index contributed by atoms with van der Waals surface area (Å²) in [5, 5.41) is 22.0. The number of rotatable bonds is 2. The van der Waals surface area contributed by atoms with Crippen LogP contribution in [0.1, 0.15) is 13.3 Å². The van der Waals surface area contributed by atoms with E-state index < -0.39 is 5.91 Å². The van der Waals surface area contributed by atoms with Crippen LogP contribution in [-0.2, 0) is 5.91 Å². The van der Waals surface area contributed by atoms with E-state index in [2.05, 4.69) is 5.10 Å². The highest BCUT2D eigenvalue weighted by atomic mass is 16.5. The van der Waals surface area contributed by atoms with Crippen LogP contribution in [0, 0.1) is 0 Å². The maximum Gasteiger partial charge on any atom is 0.265 e. The van der Waals surface area contributed by atoms with Gasteiger partial charge < -0.3 is 10.2 Å². The highest BCUT2D eigenvalue weighted by molar-refractivity contribution is 4.80. The zero-order chi connectivity index (χ0) is 7.61. The first-order chi connectivity index (χ1) is 4.67. The molecule has 1 rings (SSSR count). The number of hydrogen-bond acceptors (Lipinski definition) is 3. The molecule has 0 aliphatic heterocycles. The highest BCUT2D eigenvalue weighted by Crippen LogP contribution is 2.09. The van der Waals surface area contributed by atoms with E-state index >= 15 is 0 Å². The first-order valence-electron chi connectivity index (χ1n) is 3.11. The molecule has 0 saturated heterocycles. The van der Waals surface area contributed by atoms with E-state index in [0.717, 1.165) is 4.68 Å². The van der Waals surface area contributed by atoms with Gasteiger partial charge in [0.15, 0.2) is 0 Å². The van der Waals surface area contributed by atoms with Crippen molar-refractivity contribution in [2.24, 2.45) is 0 Å². The van der Waals surface area contributed by atoms with Gasteiger partial charge in [0.05, 0.1) is 0 Å². The van der Waals surface area contributed by atoms with Gasteiger partial charge in [-0.3, -0.25) is 0 Å². The molecule has 0 fully saturated rings. The molecule has 0 unspecified atom stereocenters. The van der Waals surface area contributed by atoms with Crippen LogP contribution in [0.5, 0.6) is 0 Å². The van der Waals surface area contributed by atoms with Crippen molar-refractivity contribution in [3.05, 3.63) is 18.5 Å². The topological polar surface area (TPSA) is 58.3 Å². The molecule has 4 nitrogen and oxygen atoms in total. The van der Waals surface area contributed by atoms with Crippen molar-refractivity contribution in [3.8, 4) is 0 Å². The van der Waals surface area contributed by atoms with Crippen LogP contribution in [0.4, 0.5) is 0 Å². The fourth-order valence-corrected chi connectivity index (χ4v) is 0.643. The van der Waals surface area contributed by atoms with Gasteiger partial charge in [-0.05, 0) is 6.07 Å². The second-order valence-corrected chi connectivity index (χ2v) is 2.08. The Hall–Kier alpha value is -0.870. The Morgan fingerprint density at radius 3 is 2.70 bits per heavy atom. The maximum atomic E-state index is 9.14. The highest BCUT2D eigenvalue weighted by Gasteiger charge is 2.22. The molecule has 0 saturated carbocycles. The van der Waals surface area contributed by atoms with E-state index in [4.69, 9.17) is 10.2 Å². The third-order valence-corrected chi connectivity index (χ3v) is 1.35. The van der Waals surface area contributed by atoms with E-state index in [9.17, 15) is 0 Å². The minimum Gasteiger partial charge on any atom is -0.347 e. The summed E-state index contributed by atoms with van der Waals surface area (Å²) >= 11 is 0. The Balaban J connectivity index is 2.85. The largest absolute Gasteiger partial charge is 0.347 e. The Bertz CT molecular complexity index is 194. The normalized spacial score (nSPS) is 11.9. The van der Waals surface area contributed by atoms with Gasteiger partial charge in [-0.2, -0.15) is 5.10 Å². The van der Waals surface area contributed by atoms with Crippen LogP contribution in [-0.4, -0.2) is 20.0 Å². The van der Waals surface area contributed by atoms with Gasteiger partial charge >= 0.3 is 0 Å². The SMILES string of the molecule is CCC(O)(O)n1cccn1. The van der Waals surface area contributed by atoms with Crippen LogP contribution < -0.4 is 0 Å². The molecule has 0 amide bonds. The second-order valence-electron chi connectivity index (χ2n) is 2.08. The van der Waals surface area contributed by atoms with Crippen LogP contribution >= 0.6 is 0 Å². The molecule has 0 aromatic carbocycles. The molecular formula is C6H10N2O2. The molecule has 0 radical (unpaired) electrons. The van der Waals surface area contributed by atoms with Crippen LogP contribution in [0.15, 0.2) is 18.5 Å². The van der Waals surface area contributed by atoms with Gasteiger partial charge in [0.1, 0.15) is 0 Å². The van der Waals surface area contributed by atoms with E-state index in [1.54, 1.807) is 13.0 Å². The number of aliphatic hydroxyl groups is 2. The Morgan fingerprint density at radius 1 is 1.60 bits per heavy atom. The minimum atomic E-state index is -1.83. The number of nitrogens with zero attached hydrogens (tertiary/aromatic N) is 2. The summed E-state index contributed by atoms with van der Waals surface area (Å²) in [6.45, 7) is 1.67. The molecule has 0 spiro atoms. The number of aromatic nitrogens is 2. The zero-order valence-electron chi connectivity index (χ0n) is 5.73.